The van der Waals surface area contributed by atoms with Gasteiger partial charge >= 0.3 is 0 Å². The summed E-state index contributed by atoms with van der Waals surface area (Å²) in [5.41, 5.74) is 0. The molecule has 0 spiro atoms. The van der Waals surface area contributed by atoms with Crippen molar-refractivity contribution >= 4 is 23.4 Å². The number of rotatable bonds is 7. The first kappa shape index (κ1) is 13.8. The second-order valence-electron chi connectivity index (χ2n) is 4.76. The predicted octanol–water partition coefficient (Wildman–Crippen LogP) is 1.10. The maximum Gasteiger partial charge on any atom is 0.209 e. The number of aromatic nitrogens is 6. The van der Waals surface area contributed by atoms with E-state index in [4.69, 9.17) is 11.6 Å². The minimum atomic E-state index is 0.633. The summed E-state index contributed by atoms with van der Waals surface area (Å²) >= 11 is 7.53. The van der Waals surface area contributed by atoms with Gasteiger partial charge < -0.3 is 9.88 Å². The Hall–Kier alpha value is -1.12. The summed E-state index contributed by atoms with van der Waals surface area (Å²) in [5.74, 6) is 1.60. The Labute approximate surface area is 126 Å². The Bertz CT molecular complexity index is 577. The topological polar surface area (TPSA) is 73.5 Å². The number of nitrogens with one attached hydrogen (secondary N) is 1. The average molecular weight is 314 g/mol. The van der Waals surface area contributed by atoms with E-state index >= 15 is 0 Å². The summed E-state index contributed by atoms with van der Waals surface area (Å²) in [6, 6.07) is 0.706. The molecule has 0 amide bonds. The SMILES string of the molecule is Cn1c(Cl)cnc1CSc1nnnn1CCNC1CC1. The largest absolute Gasteiger partial charge is 0.322 e. The third kappa shape index (κ3) is 3.31. The van der Waals surface area contributed by atoms with Crippen LogP contribution in [0.15, 0.2) is 11.4 Å². The molecule has 2 heterocycles. The van der Waals surface area contributed by atoms with Gasteiger partial charge in [-0.15, -0.1) is 5.10 Å². The van der Waals surface area contributed by atoms with Gasteiger partial charge in [-0.2, -0.15) is 0 Å². The molecule has 1 aliphatic carbocycles. The van der Waals surface area contributed by atoms with E-state index in [2.05, 4.69) is 25.8 Å². The molecule has 0 unspecified atom stereocenters. The third-order valence-electron chi connectivity index (χ3n) is 3.19. The fourth-order valence-electron chi connectivity index (χ4n) is 1.79. The van der Waals surface area contributed by atoms with Gasteiger partial charge in [0.2, 0.25) is 5.16 Å². The highest BCUT2D eigenvalue weighted by molar-refractivity contribution is 7.98. The molecule has 108 valence electrons. The molecular formula is C11H16ClN7S. The van der Waals surface area contributed by atoms with Gasteiger partial charge in [0, 0.05) is 19.6 Å². The molecule has 7 nitrogen and oxygen atoms in total. The van der Waals surface area contributed by atoms with Crippen LogP contribution in [0.3, 0.4) is 0 Å². The van der Waals surface area contributed by atoms with Crippen molar-refractivity contribution in [2.75, 3.05) is 6.54 Å². The van der Waals surface area contributed by atoms with Crippen LogP contribution in [0.4, 0.5) is 0 Å². The lowest BCUT2D eigenvalue weighted by Crippen LogP contribution is -2.22. The zero-order valence-electron chi connectivity index (χ0n) is 11.2. The fourth-order valence-corrected chi connectivity index (χ4v) is 2.83. The molecule has 2 aromatic heterocycles. The molecule has 9 heteroatoms. The molecule has 1 fully saturated rings. The smallest absolute Gasteiger partial charge is 0.209 e. The van der Waals surface area contributed by atoms with Gasteiger partial charge in [-0.3, -0.25) is 0 Å². The molecule has 0 aromatic carbocycles. The van der Waals surface area contributed by atoms with Crippen LogP contribution >= 0.6 is 23.4 Å². The molecule has 0 saturated heterocycles. The normalized spacial score (nSPS) is 14.9. The first-order valence-corrected chi connectivity index (χ1v) is 7.89. The number of hydrogen-bond acceptors (Lipinski definition) is 6. The van der Waals surface area contributed by atoms with E-state index in [-0.39, 0.29) is 0 Å². The van der Waals surface area contributed by atoms with Crippen molar-refractivity contribution in [3.63, 3.8) is 0 Å². The van der Waals surface area contributed by atoms with E-state index < -0.39 is 0 Å². The monoisotopic (exact) mass is 313 g/mol. The van der Waals surface area contributed by atoms with E-state index in [9.17, 15) is 0 Å². The number of hydrogen-bond donors (Lipinski definition) is 1. The lowest BCUT2D eigenvalue weighted by molar-refractivity contribution is 0.509. The molecule has 0 bridgehead atoms. The summed E-state index contributed by atoms with van der Waals surface area (Å²) in [6.07, 6.45) is 4.23. The van der Waals surface area contributed by atoms with Crippen molar-refractivity contribution in [3.05, 3.63) is 17.2 Å². The summed E-state index contributed by atoms with van der Waals surface area (Å²) in [5, 5.41) is 16.7. The summed E-state index contributed by atoms with van der Waals surface area (Å²) in [6.45, 7) is 1.69. The molecular weight excluding hydrogens is 298 g/mol. The molecule has 1 saturated carbocycles. The minimum absolute atomic E-state index is 0.633. The number of thioether (sulfide) groups is 1. The quantitative estimate of drug-likeness (QED) is 0.772. The first-order valence-electron chi connectivity index (χ1n) is 6.52. The first-order chi connectivity index (χ1) is 9.74. The molecule has 1 N–H and O–H groups in total. The molecule has 20 heavy (non-hydrogen) atoms. The summed E-state index contributed by atoms with van der Waals surface area (Å²) < 4.78 is 3.68. The number of halogens is 1. The van der Waals surface area contributed by atoms with E-state index in [0.717, 1.165) is 24.1 Å². The highest BCUT2D eigenvalue weighted by atomic mass is 35.5. The molecule has 2 aromatic rings. The second-order valence-corrected chi connectivity index (χ2v) is 6.09. The Morgan fingerprint density at radius 2 is 2.35 bits per heavy atom. The van der Waals surface area contributed by atoms with Gasteiger partial charge in [0.1, 0.15) is 11.0 Å². The zero-order valence-corrected chi connectivity index (χ0v) is 12.7. The standard InChI is InChI=1S/C11H16ClN7S/c1-18-9(12)6-14-10(18)7-20-11-15-16-17-19(11)5-4-13-8-2-3-8/h6,8,13H,2-5,7H2,1H3. The van der Waals surface area contributed by atoms with Crippen molar-refractivity contribution in [3.8, 4) is 0 Å². The van der Waals surface area contributed by atoms with Crippen LogP contribution in [-0.2, 0) is 19.3 Å². The van der Waals surface area contributed by atoms with E-state index in [1.807, 2.05) is 16.3 Å². The summed E-state index contributed by atoms with van der Waals surface area (Å²) in [4.78, 5) is 4.26. The summed E-state index contributed by atoms with van der Waals surface area (Å²) in [7, 11) is 1.90. The Morgan fingerprint density at radius 1 is 1.50 bits per heavy atom. The third-order valence-corrected chi connectivity index (χ3v) is 4.50. The Balaban J connectivity index is 1.54. The van der Waals surface area contributed by atoms with Gasteiger partial charge in [-0.1, -0.05) is 23.4 Å². The van der Waals surface area contributed by atoms with Crippen molar-refractivity contribution in [1.29, 1.82) is 0 Å². The maximum atomic E-state index is 5.96. The second kappa shape index (κ2) is 6.11. The van der Waals surface area contributed by atoms with Crippen LogP contribution in [0.25, 0.3) is 0 Å². The Kier molecular flexibility index (Phi) is 4.23. The minimum Gasteiger partial charge on any atom is -0.322 e. The van der Waals surface area contributed by atoms with Crippen LogP contribution in [0.5, 0.6) is 0 Å². The highest BCUT2D eigenvalue weighted by Gasteiger charge is 2.20. The van der Waals surface area contributed by atoms with Crippen molar-refractivity contribution in [2.24, 2.45) is 7.05 Å². The van der Waals surface area contributed by atoms with Crippen LogP contribution in [0.1, 0.15) is 18.7 Å². The van der Waals surface area contributed by atoms with Crippen LogP contribution < -0.4 is 5.32 Å². The predicted molar refractivity (Wildman–Crippen MR) is 76.6 cm³/mol. The lowest BCUT2D eigenvalue weighted by Gasteiger charge is -2.05. The van der Waals surface area contributed by atoms with Crippen LogP contribution in [0.2, 0.25) is 5.15 Å². The van der Waals surface area contributed by atoms with E-state index in [1.165, 1.54) is 12.8 Å². The molecule has 3 rings (SSSR count). The molecule has 1 aliphatic rings. The average Bonchev–Trinajstić information content (AvgIpc) is 3.07. The van der Waals surface area contributed by atoms with Crippen molar-refractivity contribution in [1.82, 2.24) is 35.1 Å². The van der Waals surface area contributed by atoms with Gasteiger partial charge in [0.15, 0.2) is 0 Å². The van der Waals surface area contributed by atoms with Gasteiger partial charge in [0.05, 0.1) is 18.5 Å². The van der Waals surface area contributed by atoms with Gasteiger partial charge in [0.25, 0.3) is 0 Å². The molecule has 0 aliphatic heterocycles. The highest BCUT2D eigenvalue weighted by Crippen LogP contribution is 2.21. The van der Waals surface area contributed by atoms with Gasteiger partial charge in [-0.25, -0.2) is 9.67 Å². The van der Waals surface area contributed by atoms with Crippen LogP contribution in [0, 0.1) is 0 Å². The number of imidazole rings is 1. The van der Waals surface area contributed by atoms with E-state index in [1.54, 1.807) is 18.0 Å². The molecule has 0 radical (unpaired) electrons. The van der Waals surface area contributed by atoms with Crippen LogP contribution in [-0.4, -0.2) is 42.3 Å². The van der Waals surface area contributed by atoms with Crippen molar-refractivity contribution in [2.45, 2.75) is 36.3 Å². The fraction of sp³-hybridized carbons (Fsp3) is 0.636. The lowest BCUT2D eigenvalue weighted by atomic mass is 10.6. The number of tetrazole rings is 1. The van der Waals surface area contributed by atoms with E-state index in [0.29, 0.717) is 16.9 Å². The number of nitrogens with zero attached hydrogens (tertiary/aromatic N) is 6. The molecule has 0 atom stereocenters. The zero-order chi connectivity index (χ0) is 13.9. The Morgan fingerprint density at radius 3 is 3.05 bits per heavy atom. The van der Waals surface area contributed by atoms with Crippen molar-refractivity contribution < 1.29 is 0 Å². The maximum absolute atomic E-state index is 5.96. The van der Waals surface area contributed by atoms with Gasteiger partial charge in [-0.05, 0) is 23.3 Å².